The lowest BCUT2D eigenvalue weighted by atomic mass is 9.75. The van der Waals surface area contributed by atoms with Crippen LogP contribution in [0.3, 0.4) is 0 Å². The maximum Gasteiger partial charge on any atom is 0.275 e. The van der Waals surface area contributed by atoms with Gasteiger partial charge in [0.25, 0.3) is 11.6 Å². The summed E-state index contributed by atoms with van der Waals surface area (Å²) in [5.41, 5.74) is 0.370. The van der Waals surface area contributed by atoms with Crippen molar-refractivity contribution in [2.75, 3.05) is 0 Å². The van der Waals surface area contributed by atoms with Crippen LogP contribution in [0.1, 0.15) is 32.6 Å². The van der Waals surface area contributed by atoms with E-state index in [0.29, 0.717) is 22.3 Å². The van der Waals surface area contributed by atoms with Gasteiger partial charge in [-0.25, -0.2) is 5.01 Å². The number of amides is 1. The van der Waals surface area contributed by atoms with E-state index in [2.05, 4.69) is 5.10 Å². The van der Waals surface area contributed by atoms with E-state index in [0.717, 1.165) is 12.1 Å². The van der Waals surface area contributed by atoms with Crippen LogP contribution in [0.4, 0.5) is 5.69 Å². The zero-order valence-electron chi connectivity index (χ0n) is 18.9. The summed E-state index contributed by atoms with van der Waals surface area (Å²) >= 11 is 0. The predicted octanol–water partition coefficient (Wildman–Crippen LogP) is 4.60. The zero-order chi connectivity index (χ0) is 25.9. The first-order valence-corrected chi connectivity index (χ1v) is 11.1. The largest absolute Gasteiger partial charge is 0.508 e. The molecule has 0 unspecified atom stereocenters. The molecular formula is C27H17N3O7. The van der Waals surface area contributed by atoms with Crippen LogP contribution in [0.2, 0.25) is 0 Å². The number of hydrogen-bond donors (Lipinski definition) is 3. The first-order chi connectivity index (χ1) is 17.8. The predicted molar refractivity (Wildman–Crippen MR) is 131 cm³/mol. The highest BCUT2D eigenvalue weighted by molar-refractivity contribution is 6.03. The number of carbonyl (C=O) groups excluding carboxylic acids is 1. The fourth-order valence-electron chi connectivity index (χ4n) is 4.95. The number of hydrazone groups is 1. The quantitative estimate of drug-likeness (QED) is 0.214. The average molecular weight is 495 g/mol. The Balaban J connectivity index is 1.65. The highest BCUT2D eigenvalue weighted by atomic mass is 16.6. The van der Waals surface area contributed by atoms with Gasteiger partial charge in [-0.3, -0.25) is 14.9 Å². The van der Waals surface area contributed by atoms with Crippen LogP contribution in [0, 0.1) is 10.1 Å². The molecule has 2 heterocycles. The van der Waals surface area contributed by atoms with Crippen molar-refractivity contribution >= 4 is 17.8 Å². The Morgan fingerprint density at radius 2 is 1.51 bits per heavy atom. The molecule has 1 spiro atoms. The maximum absolute atomic E-state index is 13.8. The summed E-state index contributed by atoms with van der Waals surface area (Å²) in [4.78, 5) is 24.5. The smallest absolute Gasteiger partial charge is 0.275 e. The third kappa shape index (κ3) is 3.12. The van der Waals surface area contributed by atoms with Gasteiger partial charge in [-0.1, -0.05) is 18.2 Å². The molecule has 10 nitrogen and oxygen atoms in total. The van der Waals surface area contributed by atoms with E-state index >= 15 is 0 Å². The summed E-state index contributed by atoms with van der Waals surface area (Å²) in [5.74, 6) is -0.340. The van der Waals surface area contributed by atoms with E-state index in [1.165, 1.54) is 41.6 Å². The van der Waals surface area contributed by atoms with E-state index in [1.54, 1.807) is 36.4 Å². The minimum absolute atomic E-state index is 0.0389. The van der Waals surface area contributed by atoms with Gasteiger partial charge in [0.2, 0.25) is 0 Å². The number of nitro groups is 1. The van der Waals surface area contributed by atoms with Crippen molar-refractivity contribution in [2.45, 2.75) is 5.54 Å². The van der Waals surface area contributed by atoms with Crippen LogP contribution < -0.4 is 4.74 Å². The standard InChI is InChI=1S/C27H17N3O7/c31-17-6-8-21-24(12-17)37-25-13-18(32)7-9-22(25)27(21)20-4-2-1-3-19(20)26(34)29(27)28-14-15-11-16(30(35)36)5-10-23(15)33/h1-14,31-33H/b28-14+. The Labute approximate surface area is 209 Å². The number of rotatable bonds is 3. The summed E-state index contributed by atoms with van der Waals surface area (Å²) in [7, 11) is 0. The van der Waals surface area contributed by atoms with E-state index in [9.17, 15) is 30.2 Å². The SMILES string of the molecule is O=C1c2ccccc2C2(c3ccc(O)cc3Oc3cc(O)ccc32)N1/N=C/c1cc([N+](=O)[O-])ccc1O. The molecule has 0 saturated carbocycles. The van der Waals surface area contributed by atoms with Gasteiger partial charge in [-0.2, -0.15) is 5.10 Å². The van der Waals surface area contributed by atoms with Crippen LogP contribution in [-0.4, -0.2) is 37.4 Å². The Hall–Kier alpha value is -5.38. The Kier molecular flexibility index (Phi) is 4.67. The molecule has 182 valence electrons. The van der Waals surface area contributed by atoms with Crippen molar-refractivity contribution in [1.29, 1.82) is 0 Å². The minimum Gasteiger partial charge on any atom is -0.508 e. The third-order valence-corrected chi connectivity index (χ3v) is 6.52. The molecule has 2 aliphatic rings. The van der Waals surface area contributed by atoms with E-state index in [4.69, 9.17) is 4.74 Å². The van der Waals surface area contributed by atoms with E-state index in [1.807, 2.05) is 0 Å². The third-order valence-electron chi connectivity index (χ3n) is 6.52. The van der Waals surface area contributed by atoms with Crippen molar-refractivity contribution < 1.29 is 29.8 Å². The average Bonchev–Trinajstić information content (AvgIpc) is 3.11. The molecule has 4 aromatic rings. The fraction of sp³-hybridized carbons (Fsp3) is 0.0370. The van der Waals surface area contributed by atoms with Crippen molar-refractivity contribution in [3.05, 3.63) is 117 Å². The Morgan fingerprint density at radius 3 is 2.16 bits per heavy atom. The van der Waals surface area contributed by atoms with Crippen LogP contribution in [0.15, 0.2) is 84.0 Å². The molecule has 0 atom stereocenters. The number of benzene rings is 4. The number of carbonyl (C=O) groups is 1. The Morgan fingerprint density at radius 1 is 0.865 bits per heavy atom. The van der Waals surface area contributed by atoms with Crippen LogP contribution in [0.25, 0.3) is 0 Å². The monoisotopic (exact) mass is 495 g/mol. The lowest BCUT2D eigenvalue weighted by Gasteiger charge is -2.41. The molecular weight excluding hydrogens is 478 g/mol. The summed E-state index contributed by atoms with van der Waals surface area (Å²) in [6.07, 6.45) is 1.18. The summed E-state index contributed by atoms with van der Waals surface area (Å²) < 4.78 is 6.02. The van der Waals surface area contributed by atoms with Gasteiger partial charge in [0, 0.05) is 52.1 Å². The topological polar surface area (TPSA) is 146 Å². The van der Waals surface area contributed by atoms with Crippen LogP contribution >= 0.6 is 0 Å². The second-order valence-electron chi connectivity index (χ2n) is 8.58. The van der Waals surface area contributed by atoms with Gasteiger partial charge in [-0.15, -0.1) is 0 Å². The molecule has 0 bridgehead atoms. The normalized spacial score (nSPS) is 14.8. The highest BCUT2D eigenvalue weighted by Gasteiger charge is 2.57. The minimum atomic E-state index is -1.37. The van der Waals surface area contributed by atoms with Gasteiger partial charge < -0.3 is 20.1 Å². The number of non-ortho nitro benzene ring substituents is 1. The molecule has 3 N–H and O–H groups in total. The number of ether oxygens (including phenoxy) is 1. The molecule has 10 heteroatoms. The number of hydrogen-bond acceptors (Lipinski definition) is 8. The second-order valence-corrected chi connectivity index (χ2v) is 8.58. The van der Waals surface area contributed by atoms with Gasteiger partial charge in [-0.05, 0) is 36.4 Å². The first kappa shape index (κ1) is 22.1. The number of fused-ring (bicyclic) bond motifs is 6. The van der Waals surface area contributed by atoms with Crippen molar-refractivity contribution in [3.8, 4) is 28.7 Å². The molecule has 37 heavy (non-hydrogen) atoms. The number of phenols is 3. The fourth-order valence-corrected chi connectivity index (χ4v) is 4.95. The molecule has 4 aromatic carbocycles. The molecule has 2 aliphatic heterocycles. The first-order valence-electron chi connectivity index (χ1n) is 11.1. The number of nitrogens with zero attached hydrogens (tertiary/aromatic N) is 3. The molecule has 0 aliphatic carbocycles. The van der Waals surface area contributed by atoms with Crippen molar-refractivity contribution in [1.82, 2.24) is 5.01 Å². The number of aromatic hydroxyl groups is 3. The second kappa shape index (κ2) is 7.82. The molecule has 0 saturated heterocycles. The molecule has 0 radical (unpaired) electrons. The molecule has 0 fully saturated rings. The van der Waals surface area contributed by atoms with Crippen molar-refractivity contribution in [3.63, 3.8) is 0 Å². The van der Waals surface area contributed by atoms with Crippen LogP contribution in [-0.2, 0) is 5.54 Å². The Bertz CT molecular complexity index is 1610. The van der Waals surface area contributed by atoms with E-state index < -0.39 is 16.4 Å². The lowest BCUT2D eigenvalue weighted by Crippen LogP contribution is -2.44. The zero-order valence-corrected chi connectivity index (χ0v) is 18.9. The summed E-state index contributed by atoms with van der Waals surface area (Å²) in [5, 5.41) is 47.6. The van der Waals surface area contributed by atoms with Gasteiger partial charge in [0.15, 0.2) is 0 Å². The number of nitro benzene ring substituents is 1. The van der Waals surface area contributed by atoms with Gasteiger partial charge in [0.1, 0.15) is 34.3 Å². The summed E-state index contributed by atoms with van der Waals surface area (Å²) in [6, 6.07) is 19.4. The van der Waals surface area contributed by atoms with Gasteiger partial charge in [0.05, 0.1) is 11.1 Å². The number of phenolic OH excluding ortho intramolecular Hbond substituents is 3. The lowest BCUT2D eigenvalue weighted by molar-refractivity contribution is -0.384. The van der Waals surface area contributed by atoms with Crippen molar-refractivity contribution in [2.24, 2.45) is 5.10 Å². The van der Waals surface area contributed by atoms with Gasteiger partial charge >= 0.3 is 0 Å². The molecule has 0 aromatic heterocycles. The maximum atomic E-state index is 13.8. The van der Waals surface area contributed by atoms with Crippen LogP contribution in [0.5, 0.6) is 28.7 Å². The highest BCUT2D eigenvalue weighted by Crippen LogP contribution is 2.58. The van der Waals surface area contributed by atoms with E-state index in [-0.39, 0.29) is 40.0 Å². The molecule has 1 amide bonds. The summed E-state index contributed by atoms with van der Waals surface area (Å²) in [6.45, 7) is 0. The molecule has 6 rings (SSSR count).